The first kappa shape index (κ1) is 25.7. The minimum atomic E-state index is -4.31. The van der Waals surface area contributed by atoms with Crippen molar-refractivity contribution in [2.45, 2.75) is 23.4 Å². The number of aliphatic hydroxyl groups is 1. The SMILES string of the molecule is NC1CN(S(=O)(=O)c2ccc(Cl)cc2Cl)C2=CN(CCO)C(=O)C(Cc3ccc(Cl)cc3)N2C1=O. The van der Waals surface area contributed by atoms with E-state index in [4.69, 9.17) is 40.5 Å². The van der Waals surface area contributed by atoms with Crippen molar-refractivity contribution in [2.75, 3.05) is 19.7 Å². The summed E-state index contributed by atoms with van der Waals surface area (Å²) in [5, 5.41) is 10.1. The molecule has 2 amide bonds. The Bertz CT molecular complexity index is 1300. The molecule has 1 saturated heterocycles. The molecule has 2 atom stereocenters. The van der Waals surface area contributed by atoms with Crippen LogP contribution in [0.2, 0.25) is 15.1 Å². The van der Waals surface area contributed by atoms with Crippen LogP contribution in [0.1, 0.15) is 5.56 Å². The third kappa shape index (κ3) is 4.87. The fraction of sp³-hybridized carbons (Fsp3) is 0.273. The Morgan fingerprint density at radius 3 is 2.29 bits per heavy atom. The number of carbonyl (C=O) groups is 2. The van der Waals surface area contributed by atoms with Gasteiger partial charge in [-0.3, -0.25) is 14.5 Å². The number of amides is 2. The quantitative estimate of drug-likeness (QED) is 0.558. The summed E-state index contributed by atoms with van der Waals surface area (Å²) in [5.74, 6) is -1.14. The Balaban J connectivity index is 1.83. The van der Waals surface area contributed by atoms with Crippen LogP contribution in [-0.4, -0.2) is 71.2 Å². The normalized spacial score (nSPS) is 20.7. The van der Waals surface area contributed by atoms with Crippen LogP contribution in [0.25, 0.3) is 0 Å². The Morgan fingerprint density at radius 1 is 1.00 bits per heavy atom. The van der Waals surface area contributed by atoms with Crippen LogP contribution < -0.4 is 5.73 Å². The molecule has 2 aliphatic heterocycles. The lowest BCUT2D eigenvalue weighted by Gasteiger charge is -2.47. The number of sulfonamides is 1. The number of nitrogens with zero attached hydrogens (tertiary/aromatic N) is 3. The minimum absolute atomic E-state index is 0.0604. The second kappa shape index (κ2) is 9.96. The van der Waals surface area contributed by atoms with Crippen molar-refractivity contribution < 1.29 is 23.1 Å². The molecule has 0 aliphatic carbocycles. The molecule has 2 heterocycles. The molecule has 35 heavy (non-hydrogen) atoms. The standard InChI is InChI=1S/C22H21Cl3N4O5S/c23-14-3-1-13(2-4-14)9-18-22(32)27(7-8-30)12-20-28(11-17(26)21(31)29(18)20)35(33,34)19-6-5-15(24)10-16(19)25/h1-6,10,12,17-18,30H,7-9,11,26H2. The van der Waals surface area contributed by atoms with Crippen LogP contribution in [0.15, 0.2) is 59.4 Å². The van der Waals surface area contributed by atoms with Crippen LogP contribution in [-0.2, 0) is 26.0 Å². The zero-order valence-corrected chi connectivity index (χ0v) is 21.2. The summed E-state index contributed by atoms with van der Waals surface area (Å²) in [4.78, 5) is 28.6. The zero-order valence-electron chi connectivity index (χ0n) is 18.1. The van der Waals surface area contributed by atoms with Gasteiger partial charge in [-0.2, -0.15) is 0 Å². The fourth-order valence-corrected chi connectivity index (χ4v) is 6.38. The average Bonchev–Trinajstić information content (AvgIpc) is 2.80. The molecule has 2 aliphatic rings. The van der Waals surface area contributed by atoms with Gasteiger partial charge in [-0.15, -0.1) is 0 Å². The van der Waals surface area contributed by atoms with Crippen molar-refractivity contribution in [1.29, 1.82) is 0 Å². The zero-order chi connectivity index (χ0) is 25.5. The number of halogens is 3. The molecule has 13 heteroatoms. The number of rotatable bonds is 6. The minimum Gasteiger partial charge on any atom is -0.395 e. The molecule has 2 unspecified atom stereocenters. The van der Waals surface area contributed by atoms with Gasteiger partial charge in [0.05, 0.1) is 18.2 Å². The number of hydrogen-bond donors (Lipinski definition) is 2. The first-order chi connectivity index (χ1) is 16.5. The van der Waals surface area contributed by atoms with Crippen LogP contribution in [0, 0.1) is 0 Å². The van der Waals surface area contributed by atoms with Crippen molar-refractivity contribution in [2.24, 2.45) is 5.73 Å². The van der Waals surface area contributed by atoms with E-state index in [0.717, 1.165) is 9.21 Å². The van der Waals surface area contributed by atoms with Crippen LogP contribution in [0.5, 0.6) is 0 Å². The van der Waals surface area contributed by atoms with E-state index in [1.165, 1.54) is 29.3 Å². The average molecular weight is 560 g/mol. The Hall–Kier alpha value is -2.34. The Labute approximate surface area is 217 Å². The summed E-state index contributed by atoms with van der Waals surface area (Å²) in [6.07, 6.45) is 1.31. The van der Waals surface area contributed by atoms with Gasteiger partial charge in [-0.1, -0.05) is 46.9 Å². The maximum atomic E-state index is 13.7. The third-order valence-electron chi connectivity index (χ3n) is 5.72. The molecule has 0 radical (unpaired) electrons. The van der Waals surface area contributed by atoms with Crippen molar-refractivity contribution in [3.63, 3.8) is 0 Å². The molecule has 1 fully saturated rings. The highest BCUT2D eigenvalue weighted by atomic mass is 35.5. The summed E-state index contributed by atoms with van der Waals surface area (Å²) in [6, 6.07) is 8.33. The van der Waals surface area contributed by atoms with Gasteiger partial charge in [0.15, 0.2) is 0 Å². The van der Waals surface area contributed by atoms with Gasteiger partial charge < -0.3 is 15.7 Å². The van der Waals surface area contributed by atoms with E-state index in [0.29, 0.717) is 10.6 Å². The van der Waals surface area contributed by atoms with Gasteiger partial charge >= 0.3 is 0 Å². The van der Waals surface area contributed by atoms with E-state index in [1.807, 2.05) is 0 Å². The number of hydrogen-bond acceptors (Lipinski definition) is 6. The molecular formula is C22H21Cl3N4O5S. The Kier molecular flexibility index (Phi) is 7.33. The van der Waals surface area contributed by atoms with Gasteiger partial charge in [0.25, 0.3) is 10.0 Å². The number of fused-ring (bicyclic) bond motifs is 1. The van der Waals surface area contributed by atoms with Crippen molar-refractivity contribution in [3.05, 3.63) is 75.1 Å². The van der Waals surface area contributed by atoms with E-state index in [9.17, 15) is 23.1 Å². The van der Waals surface area contributed by atoms with Crippen molar-refractivity contribution in [3.8, 4) is 0 Å². The second-order valence-electron chi connectivity index (χ2n) is 8.01. The molecule has 3 N–H and O–H groups in total. The van der Waals surface area contributed by atoms with Crippen LogP contribution in [0.3, 0.4) is 0 Å². The van der Waals surface area contributed by atoms with Gasteiger partial charge in [0.2, 0.25) is 11.8 Å². The molecular weight excluding hydrogens is 539 g/mol. The molecule has 4 rings (SSSR count). The van der Waals surface area contributed by atoms with E-state index in [-0.39, 0.29) is 46.9 Å². The monoisotopic (exact) mass is 558 g/mol. The van der Waals surface area contributed by atoms with E-state index >= 15 is 0 Å². The van der Waals surface area contributed by atoms with Gasteiger partial charge in [0.1, 0.15) is 22.8 Å². The lowest BCUT2D eigenvalue weighted by Crippen LogP contribution is -2.66. The van der Waals surface area contributed by atoms with Gasteiger partial charge in [-0.25, -0.2) is 12.7 Å². The summed E-state index contributed by atoms with van der Waals surface area (Å²) < 4.78 is 28.3. The highest BCUT2D eigenvalue weighted by Gasteiger charge is 2.49. The maximum Gasteiger partial charge on any atom is 0.267 e. The maximum absolute atomic E-state index is 13.7. The largest absolute Gasteiger partial charge is 0.395 e. The van der Waals surface area contributed by atoms with Crippen LogP contribution in [0.4, 0.5) is 0 Å². The summed E-state index contributed by atoms with van der Waals surface area (Å²) in [6.45, 7) is -0.827. The molecule has 2 aromatic carbocycles. The number of aliphatic hydroxyl groups excluding tert-OH is 1. The van der Waals surface area contributed by atoms with Crippen molar-refractivity contribution >= 4 is 56.6 Å². The molecule has 0 spiro atoms. The number of nitrogens with two attached hydrogens (primary N) is 1. The summed E-state index contributed by atoms with van der Waals surface area (Å²) >= 11 is 18.1. The van der Waals surface area contributed by atoms with Gasteiger partial charge in [0, 0.05) is 29.2 Å². The first-order valence-electron chi connectivity index (χ1n) is 10.5. The molecule has 2 aromatic rings. The van der Waals surface area contributed by atoms with Crippen molar-refractivity contribution in [1.82, 2.24) is 14.1 Å². The predicted molar refractivity (Wildman–Crippen MR) is 131 cm³/mol. The number of benzene rings is 2. The van der Waals surface area contributed by atoms with Gasteiger partial charge in [-0.05, 0) is 35.9 Å². The van der Waals surface area contributed by atoms with E-state index in [2.05, 4.69) is 0 Å². The molecule has 0 aromatic heterocycles. The predicted octanol–water partition coefficient (Wildman–Crippen LogP) is 2.05. The molecule has 9 nitrogen and oxygen atoms in total. The topological polar surface area (TPSA) is 124 Å². The summed E-state index contributed by atoms with van der Waals surface area (Å²) in [5.41, 5.74) is 6.76. The fourth-order valence-electron chi connectivity index (χ4n) is 4.04. The lowest BCUT2D eigenvalue weighted by atomic mass is 9.99. The van der Waals surface area contributed by atoms with Crippen LogP contribution >= 0.6 is 34.8 Å². The molecule has 0 bridgehead atoms. The van der Waals surface area contributed by atoms with E-state index in [1.54, 1.807) is 24.3 Å². The number of β-amino-alcohol motifs (C(OH)–C–C–N with tert-alkyl or cyclic N) is 1. The van der Waals surface area contributed by atoms with E-state index < -0.39 is 33.9 Å². The third-order valence-corrected chi connectivity index (χ3v) is 8.46. The first-order valence-corrected chi connectivity index (χ1v) is 13.1. The molecule has 186 valence electrons. The smallest absolute Gasteiger partial charge is 0.267 e. The Morgan fingerprint density at radius 2 is 1.66 bits per heavy atom. The highest BCUT2D eigenvalue weighted by molar-refractivity contribution is 7.89. The number of carbonyl (C=O) groups excluding carboxylic acids is 2. The second-order valence-corrected chi connectivity index (χ2v) is 11.1. The molecule has 0 saturated carbocycles. The highest BCUT2D eigenvalue weighted by Crippen LogP contribution is 2.35. The summed E-state index contributed by atoms with van der Waals surface area (Å²) in [7, 11) is -4.31. The lowest BCUT2D eigenvalue weighted by molar-refractivity contribution is -0.148.